The number of nitrogens with one attached hydrogen (secondary N) is 1. The second-order valence-electron chi connectivity index (χ2n) is 10.00. The van der Waals surface area contributed by atoms with E-state index in [1.807, 2.05) is 88.4 Å². The van der Waals surface area contributed by atoms with Crippen LogP contribution in [0.25, 0.3) is 0 Å². The molecule has 39 heavy (non-hydrogen) atoms. The van der Waals surface area contributed by atoms with Crippen LogP contribution in [-0.4, -0.2) is 50.5 Å². The summed E-state index contributed by atoms with van der Waals surface area (Å²) in [6.45, 7) is 7.92. The zero-order valence-electron chi connectivity index (χ0n) is 23.5. The second kappa shape index (κ2) is 13.4. The van der Waals surface area contributed by atoms with Crippen molar-refractivity contribution in [2.75, 3.05) is 23.7 Å². The summed E-state index contributed by atoms with van der Waals surface area (Å²) < 4.78 is 27.1. The highest BCUT2D eigenvalue weighted by Gasteiger charge is 2.33. The summed E-state index contributed by atoms with van der Waals surface area (Å²) in [6.07, 6.45) is 2.16. The molecule has 0 saturated carbocycles. The Kier molecular flexibility index (Phi) is 10.3. The summed E-state index contributed by atoms with van der Waals surface area (Å²) in [7, 11) is -3.80. The van der Waals surface area contributed by atoms with Crippen LogP contribution < -0.4 is 9.62 Å². The zero-order chi connectivity index (χ0) is 28.6. The molecule has 2 amide bonds. The molecular formula is C31H39N3O4S. The van der Waals surface area contributed by atoms with Gasteiger partial charge in [0, 0.05) is 19.5 Å². The van der Waals surface area contributed by atoms with E-state index in [9.17, 15) is 18.0 Å². The summed E-state index contributed by atoms with van der Waals surface area (Å²) in [6, 6.07) is 21.9. The number of rotatable bonds is 12. The van der Waals surface area contributed by atoms with Crippen LogP contribution in [0.1, 0.15) is 41.2 Å². The van der Waals surface area contributed by atoms with E-state index in [1.165, 1.54) is 4.90 Å². The van der Waals surface area contributed by atoms with Crippen molar-refractivity contribution in [3.63, 3.8) is 0 Å². The fourth-order valence-corrected chi connectivity index (χ4v) is 5.43. The van der Waals surface area contributed by atoms with Crippen molar-refractivity contribution in [1.82, 2.24) is 10.2 Å². The van der Waals surface area contributed by atoms with Crippen molar-refractivity contribution in [2.24, 2.45) is 0 Å². The smallest absolute Gasteiger partial charge is 0.244 e. The number of hydrogen-bond donors (Lipinski definition) is 1. The van der Waals surface area contributed by atoms with Gasteiger partial charge in [0.1, 0.15) is 12.6 Å². The maximum atomic E-state index is 14.1. The monoisotopic (exact) mass is 549 g/mol. The Hall–Kier alpha value is -3.65. The van der Waals surface area contributed by atoms with Gasteiger partial charge in [-0.1, -0.05) is 79.2 Å². The van der Waals surface area contributed by atoms with Gasteiger partial charge in [-0.3, -0.25) is 13.9 Å². The predicted octanol–water partition coefficient (Wildman–Crippen LogP) is 4.54. The summed E-state index contributed by atoms with van der Waals surface area (Å²) in [5.41, 5.74) is 4.96. The van der Waals surface area contributed by atoms with E-state index in [4.69, 9.17) is 0 Å². The van der Waals surface area contributed by atoms with E-state index in [0.29, 0.717) is 18.7 Å². The van der Waals surface area contributed by atoms with Crippen LogP contribution in [0.4, 0.5) is 5.69 Å². The van der Waals surface area contributed by atoms with Crippen LogP contribution in [0.3, 0.4) is 0 Å². The Morgan fingerprint density at radius 2 is 1.56 bits per heavy atom. The molecule has 0 radical (unpaired) electrons. The average Bonchev–Trinajstić information content (AvgIpc) is 2.89. The highest BCUT2D eigenvalue weighted by molar-refractivity contribution is 7.92. The zero-order valence-corrected chi connectivity index (χ0v) is 24.3. The molecule has 8 heteroatoms. The number of carbonyl (C=O) groups excluding carboxylic acids is 2. The number of sulfonamides is 1. The molecule has 208 valence electrons. The normalized spacial score (nSPS) is 12.0. The van der Waals surface area contributed by atoms with E-state index < -0.39 is 28.5 Å². The molecule has 0 spiro atoms. The van der Waals surface area contributed by atoms with E-state index >= 15 is 0 Å². The number of benzene rings is 3. The van der Waals surface area contributed by atoms with Crippen molar-refractivity contribution >= 4 is 27.5 Å². The minimum atomic E-state index is -3.80. The number of aryl methyl sites for hydroxylation is 2. The second-order valence-corrected chi connectivity index (χ2v) is 11.9. The molecule has 0 unspecified atom stereocenters. The Labute approximate surface area is 232 Å². The van der Waals surface area contributed by atoms with Crippen LogP contribution in [-0.2, 0) is 32.6 Å². The highest BCUT2D eigenvalue weighted by atomic mass is 32.2. The maximum Gasteiger partial charge on any atom is 0.244 e. The maximum absolute atomic E-state index is 14.1. The van der Waals surface area contributed by atoms with Gasteiger partial charge >= 0.3 is 0 Å². The third-order valence-electron chi connectivity index (χ3n) is 6.78. The van der Waals surface area contributed by atoms with Crippen LogP contribution >= 0.6 is 0 Å². The molecule has 0 bridgehead atoms. The molecule has 3 aromatic carbocycles. The molecule has 7 nitrogen and oxygen atoms in total. The molecule has 3 rings (SSSR count). The van der Waals surface area contributed by atoms with Crippen molar-refractivity contribution < 1.29 is 18.0 Å². The number of anilines is 1. The number of hydrogen-bond acceptors (Lipinski definition) is 4. The standard InChI is InChI=1S/C31H39N3O4S/c1-6-18-32-31(36)29(20-26-14-8-7-9-15-26)33(21-27-16-10-12-23(2)19-27)30(35)22-34(39(5,37)38)28-17-11-13-24(3)25(28)4/h7-17,19,29H,6,18,20-22H2,1-5H3,(H,32,36)/t29-/m1/s1. The molecule has 0 aliphatic carbocycles. The van der Waals surface area contributed by atoms with E-state index in [2.05, 4.69) is 5.32 Å². The number of amides is 2. The molecule has 0 aliphatic rings. The van der Waals surface area contributed by atoms with Crippen LogP contribution in [0.5, 0.6) is 0 Å². The van der Waals surface area contributed by atoms with Crippen LogP contribution in [0, 0.1) is 20.8 Å². The fraction of sp³-hybridized carbons (Fsp3) is 0.355. The fourth-order valence-electron chi connectivity index (χ4n) is 4.53. The van der Waals surface area contributed by atoms with E-state index in [-0.39, 0.29) is 12.5 Å². The summed E-state index contributed by atoms with van der Waals surface area (Å²) in [5.74, 6) is -0.713. The van der Waals surface area contributed by atoms with Crippen LogP contribution in [0.2, 0.25) is 0 Å². The molecule has 1 atom stereocenters. The summed E-state index contributed by atoms with van der Waals surface area (Å²) in [5, 5.41) is 2.95. The number of nitrogens with zero attached hydrogens (tertiary/aromatic N) is 2. The van der Waals surface area contributed by atoms with Gasteiger partial charge in [0.05, 0.1) is 11.9 Å². The molecule has 1 N–H and O–H groups in total. The lowest BCUT2D eigenvalue weighted by Crippen LogP contribution is -2.53. The Balaban J connectivity index is 2.07. The first-order chi connectivity index (χ1) is 18.5. The molecule has 0 aromatic heterocycles. The minimum absolute atomic E-state index is 0.169. The average molecular weight is 550 g/mol. The lowest BCUT2D eigenvalue weighted by Gasteiger charge is -2.34. The summed E-state index contributed by atoms with van der Waals surface area (Å²) in [4.78, 5) is 29.2. The third kappa shape index (κ3) is 8.17. The summed E-state index contributed by atoms with van der Waals surface area (Å²) >= 11 is 0. The van der Waals surface area contributed by atoms with E-state index in [1.54, 1.807) is 12.1 Å². The molecule has 0 fully saturated rings. The Morgan fingerprint density at radius 3 is 2.21 bits per heavy atom. The first-order valence-corrected chi connectivity index (χ1v) is 15.1. The van der Waals surface area contributed by atoms with Gasteiger partial charge < -0.3 is 10.2 Å². The van der Waals surface area contributed by atoms with Crippen molar-refractivity contribution in [2.45, 2.75) is 53.1 Å². The molecule has 0 heterocycles. The Bertz CT molecular complexity index is 1390. The van der Waals surface area contributed by atoms with E-state index in [0.717, 1.165) is 44.8 Å². The first-order valence-electron chi connectivity index (χ1n) is 13.2. The largest absolute Gasteiger partial charge is 0.354 e. The molecule has 3 aromatic rings. The topological polar surface area (TPSA) is 86.8 Å². The molecular weight excluding hydrogens is 510 g/mol. The SMILES string of the molecule is CCCNC(=O)[C@@H](Cc1ccccc1)N(Cc1cccc(C)c1)C(=O)CN(c1cccc(C)c1C)S(C)(=O)=O. The van der Waals surface area contributed by atoms with Gasteiger partial charge in [0.15, 0.2) is 0 Å². The van der Waals surface area contributed by atoms with Gasteiger partial charge in [0.25, 0.3) is 0 Å². The van der Waals surface area contributed by atoms with Crippen LogP contribution in [0.15, 0.2) is 72.8 Å². The molecule has 0 saturated heterocycles. The quantitative estimate of drug-likeness (QED) is 0.359. The lowest BCUT2D eigenvalue weighted by atomic mass is 10.0. The van der Waals surface area contributed by atoms with Crippen molar-refractivity contribution in [1.29, 1.82) is 0 Å². The van der Waals surface area contributed by atoms with Crippen molar-refractivity contribution in [3.8, 4) is 0 Å². The molecule has 0 aliphatic heterocycles. The predicted molar refractivity (Wildman–Crippen MR) is 157 cm³/mol. The van der Waals surface area contributed by atoms with Gasteiger partial charge in [-0.05, 0) is 55.5 Å². The van der Waals surface area contributed by atoms with Gasteiger partial charge in [-0.15, -0.1) is 0 Å². The van der Waals surface area contributed by atoms with Gasteiger partial charge in [-0.25, -0.2) is 8.42 Å². The minimum Gasteiger partial charge on any atom is -0.354 e. The van der Waals surface area contributed by atoms with Gasteiger partial charge in [0.2, 0.25) is 21.8 Å². The van der Waals surface area contributed by atoms with Crippen molar-refractivity contribution in [3.05, 3.63) is 101 Å². The number of carbonyl (C=O) groups is 2. The third-order valence-corrected chi connectivity index (χ3v) is 7.91. The highest BCUT2D eigenvalue weighted by Crippen LogP contribution is 2.26. The first kappa shape index (κ1) is 29.9. The lowest BCUT2D eigenvalue weighted by molar-refractivity contribution is -0.140. The van der Waals surface area contributed by atoms with Gasteiger partial charge in [-0.2, -0.15) is 0 Å². The Morgan fingerprint density at radius 1 is 0.897 bits per heavy atom.